The van der Waals surface area contributed by atoms with Gasteiger partial charge in [-0.3, -0.25) is 9.59 Å². The maximum Gasteiger partial charge on any atom is 0.305 e. The lowest BCUT2D eigenvalue weighted by Crippen LogP contribution is -2.45. The number of amides is 1. The number of esters is 1. The van der Waals surface area contributed by atoms with Gasteiger partial charge in [-0.15, -0.1) is 0 Å². The molecular weight excluding hydrogens is 983 g/mol. The lowest BCUT2D eigenvalue weighted by Gasteiger charge is -2.22. The van der Waals surface area contributed by atoms with Crippen LogP contribution in [0.3, 0.4) is 0 Å². The predicted octanol–water partition coefficient (Wildman–Crippen LogP) is 23.5. The second kappa shape index (κ2) is 69.6. The smallest absolute Gasteiger partial charge is 0.305 e. The molecule has 0 aliphatic rings. The van der Waals surface area contributed by atoms with Gasteiger partial charge in [0.1, 0.15) is 0 Å². The molecule has 0 aromatic carbocycles. The first-order chi connectivity index (χ1) is 39.5. The fraction of sp³-hybridized carbons (Fsp3) is 0.892. The number of hydrogen-bond donors (Lipinski definition) is 3. The van der Waals surface area contributed by atoms with Gasteiger partial charge in [-0.25, -0.2) is 0 Å². The van der Waals surface area contributed by atoms with Crippen molar-refractivity contribution in [2.45, 2.75) is 411 Å². The molecular formula is C74H141NO5. The van der Waals surface area contributed by atoms with E-state index in [0.29, 0.717) is 25.9 Å². The number of hydrogen-bond acceptors (Lipinski definition) is 5. The third kappa shape index (κ3) is 65.2. The van der Waals surface area contributed by atoms with Crippen LogP contribution in [0.5, 0.6) is 0 Å². The van der Waals surface area contributed by atoms with Crippen molar-refractivity contribution in [3.63, 3.8) is 0 Å². The number of unbranched alkanes of at least 4 members (excludes halogenated alkanes) is 51. The van der Waals surface area contributed by atoms with E-state index < -0.39 is 12.1 Å². The van der Waals surface area contributed by atoms with Crippen molar-refractivity contribution in [3.05, 3.63) is 36.5 Å². The minimum absolute atomic E-state index is 0.00146. The van der Waals surface area contributed by atoms with Gasteiger partial charge in [0, 0.05) is 12.8 Å². The van der Waals surface area contributed by atoms with Crippen LogP contribution in [0.25, 0.3) is 0 Å². The molecule has 0 aromatic rings. The zero-order valence-corrected chi connectivity index (χ0v) is 54.1. The Morgan fingerprint density at radius 3 is 0.975 bits per heavy atom. The Hall–Kier alpha value is -1.92. The fourth-order valence-corrected chi connectivity index (χ4v) is 11.4. The number of carbonyl (C=O) groups excluding carboxylic acids is 2. The largest absolute Gasteiger partial charge is 0.466 e. The van der Waals surface area contributed by atoms with Gasteiger partial charge in [0.25, 0.3) is 0 Å². The number of aliphatic hydroxyl groups excluding tert-OH is 2. The highest BCUT2D eigenvalue weighted by atomic mass is 16.5. The molecule has 472 valence electrons. The lowest BCUT2D eigenvalue weighted by atomic mass is 10.0. The first kappa shape index (κ1) is 78.1. The highest BCUT2D eigenvalue weighted by molar-refractivity contribution is 5.76. The second-order valence-corrected chi connectivity index (χ2v) is 24.9. The molecule has 0 spiro atoms. The number of ether oxygens (including phenoxy) is 1. The van der Waals surface area contributed by atoms with E-state index in [4.69, 9.17) is 4.74 Å². The van der Waals surface area contributed by atoms with E-state index in [0.717, 1.165) is 51.4 Å². The van der Waals surface area contributed by atoms with E-state index in [9.17, 15) is 19.8 Å². The quantitative estimate of drug-likeness (QED) is 0.0320. The molecule has 0 aliphatic carbocycles. The maximum absolute atomic E-state index is 12.5. The van der Waals surface area contributed by atoms with Crippen LogP contribution in [0.1, 0.15) is 399 Å². The lowest BCUT2D eigenvalue weighted by molar-refractivity contribution is -0.143. The summed E-state index contributed by atoms with van der Waals surface area (Å²) in [4.78, 5) is 24.6. The molecule has 0 saturated carbocycles. The van der Waals surface area contributed by atoms with Gasteiger partial charge in [0.05, 0.1) is 25.4 Å². The average molecular weight is 1120 g/mol. The van der Waals surface area contributed by atoms with Crippen LogP contribution in [0.2, 0.25) is 0 Å². The van der Waals surface area contributed by atoms with Gasteiger partial charge in [0.2, 0.25) is 5.91 Å². The molecule has 0 bridgehead atoms. The predicted molar refractivity (Wildman–Crippen MR) is 352 cm³/mol. The molecule has 6 nitrogen and oxygen atoms in total. The Balaban J connectivity index is 3.40. The molecule has 0 saturated heterocycles. The zero-order valence-electron chi connectivity index (χ0n) is 54.1. The van der Waals surface area contributed by atoms with E-state index in [-0.39, 0.29) is 18.5 Å². The summed E-state index contributed by atoms with van der Waals surface area (Å²) in [6.45, 7) is 4.96. The first-order valence-electron chi connectivity index (χ1n) is 36.2. The molecule has 2 unspecified atom stereocenters. The monoisotopic (exact) mass is 1120 g/mol. The summed E-state index contributed by atoms with van der Waals surface area (Å²) in [6, 6.07) is -0.544. The number of allylic oxidation sites excluding steroid dienone is 6. The molecule has 6 heteroatoms. The van der Waals surface area contributed by atoms with Gasteiger partial charge in [-0.2, -0.15) is 0 Å². The summed E-state index contributed by atoms with van der Waals surface area (Å²) < 4.78 is 5.49. The van der Waals surface area contributed by atoms with Gasteiger partial charge < -0.3 is 20.3 Å². The van der Waals surface area contributed by atoms with Crippen LogP contribution in [-0.2, 0) is 14.3 Å². The Bertz CT molecular complexity index is 1300. The van der Waals surface area contributed by atoms with Crippen LogP contribution in [-0.4, -0.2) is 47.4 Å². The third-order valence-corrected chi connectivity index (χ3v) is 16.9. The SMILES string of the molecule is CCCCCC/C=C\C/C=C\CCCCCCCC(=O)OCCCCCCCCCCCCCC/C=C\CCCCCCCCCCCCC(=O)NC(CO)C(O)CCCCCCCCCCCCCCCCCCCCCCC. The molecule has 0 rings (SSSR count). The van der Waals surface area contributed by atoms with Gasteiger partial charge in [-0.05, 0) is 83.5 Å². The highest BCUT2D eigenvalue weighted by Gasteiger charge is 2.20. The third-order valence-electron chi connectivity index (χ3n) is 16.9. The number of nitrogens with one attached hydrogen (secondary N) is 1. The molecule has 80 heavy (non-hydrogen) atoms. The number of aliphatic hydroxyl groups is 2. The van der Waals surface area contributed by atoms with Crippen LogP contribution in [0, 0.1) is 0 Å². The standard InChI is InChI=1S/C74H141NO5/c1-3-5-7-9-11-13-15-17-19-21-22-29-32-35-38-42-46-50-54-58-62-66-72(77)71(70-76)75-73(78)67-63-59-55-51-47-43-39-36-33-30-27-25-23-24-26-28-31-34-37-41-45-49-53-57-61-65-69-80-74(79)68-64-60-56-52-48-44-40-20-18-16-14-12-10-8-6-4-2/h14,16,20,23,25,40,71-72,76-77H,3-13,15,17-19,21-22,24,26-39,41-70H2,1-2H3,(H,75,78)/b16-14-,25-23-,40-20-. The average Bonchev–Trinajstić information content (AvgIpc) is 3.46. The Labute approximate surface area is 500 Å². The van der Waals surface area contributed by atoms with Crippen molar-refractivity contribution in [1.82, 2.24) is 5.32 Å². The minimum atomic E-state index is -0.667. The van der Waals surface area contributed by atoms with Crippen LogP contribution < -0.4 is 5.32 Å². The molecule has 0 heterocycles. The zero-order chi connectivity index (χ0) is 57.8. The maximum atomic E-state index is 12.5. The van der Waals surface area contributed by atoms with Crippen molar-refractivity contribution in [2.24, 2.45) is 0 Å². The van der Waals surface area contributed by atoms with Crippen LogP contribution >= 0.6 is 0 Å². The molecule has 2 atom stereocenters. The normalized spacial score (nSPS) is 12.7. The molecule has 1 amide bonds. The first-order valence-corrected chi connectivity index (χ1v) is 36.2. The fourth-order valence-electron chi connectivity index (χ4n) is 11.4. The summed E-state index contributed by atoms with van der Waals surface area (Å²) in [5.74, 6) is -0.0314. The van der Waals surface area contributed by atoms with Crippen LogP contribution in [0.15, 0.2) is 36.5 Å². The number of rotatable bonds is 68. The van der Waals surface area contributed by atoms with E-state index in [2.05, 4.69) is 55.6 Å². The van der Waals surface area contributed by atoms with Crippen molar-refractivity contribution < 1.29 is 24.5 Å². The van der Waals surface area contributed by atoms with Crippen molar-refractivity contribution in [3.8, 4) is 0 Å². The second-order valence-electron chi connectivity index (χ2n) is 24.9. The van der Waals surface area contributed by atoms with E-state index in [1.807, 2.05) is 0 Å². The molecule has 0 aliphatic heterocycles. The topological polar surface area (TPSA) is 95.9 Å². The molecule has 3 N–H and O–H groups in total. The summed E-state index contributed by atoms with van der Waals surface area (Å²) in [5.41, 5.74) is 0. The van der Waals surface area contributed by atoms with Crippen molar-refractivity contribution >= 4 is 11.9 Å². The number of carbonyl (C=O) groups is 2. The van der Waals surface area contributed by atoms with Crippen LogP contribution in [0.4, 0.5) is 0 Å². The summed E-state index contributed by atoms with van der Waals surface area (Å²) in [7, 11) is 0. The van der Waals surface area contributed by atoms with Gasteiger partial charge >= 0.3 is 5.97 Å². The minimum Gasteiger partial charge on any atom is -0.466 e. The molecule has 0 radical (unpaired) electrons. The molecule has 0 fully saturated rings. The van der Waals surface area contributed by atoms with E-state index >= 15 is 0 Å². The van der Waals surface area contributed by atoms with Crippen molar-refractivity contribution in [1.29, 1.82) is 0 Å². The summed E-state index contributed by atoms with van der Waals surface area (Å²) >= 11 is 0. The Kier molecular flexibility index (Phi) is 67.9. The van der Waals surface area contributed by atoms with Crippen molar-refractivity contribution in [2.75, 3.05) is 13.2 Å². The van der Waals surface area contributed by atoms with E-state index in [1.54, 1.807) is 0 Å². The highest BCUT2D eigenvalue weighted by Crippen LogP contribution is 2.19. The van der Waals surface area contributed by atoms with Gasteiger partial charge in [-0.1, -0.05) is 339 Å². The molecule has 0 aromatic heterocycles. The van der Waals surface area contributed by atoms with E-state index in [1.165, 1.54) is 315 Å². The Morgan fingerprint density at radius 2 is 0.625 bits per heavy atom. The summed E-state index contributed by atoms with van der Waals surface area (Å²) in [6.07, 6.45) is 89.1. The van der Waals surface area contributed by atoms with Gasteiger partial charge in [0.15, 0.2) is 0 Å². The summed E-state index contributed by atoms with van der Waals surface area (Å²) in [5, 5.41) is 23.4. The Morgan fingerprint density at radius 1 is 0.350 bits per heavy atom.